The van der Waals surface area contributed by atoms with Gasteiger partial charge in [0.2, 0.25) is 5.89 Å². The first kappa shape index (κ1) is 17.5. The fourth-order valence-corrected chi connectivity index (χ4v) is 2.73. The molecular weight excluding hydrogens is 362 g/mol. The van der Waals surface area contributed by atoms with Gasteiger partial charge < -0.3 is 15.0 Å². The zero-order chi connectivity index (χ0) is 19.7. The average molecular weight is 377 g/mol. The quantitative estimate of drug-likeness (QED) is 0.549. The van der Waals surface area contributed by atoms with Crippen LogP contribution in [-0.4, -0.2) is 27.8 Å². The van der Waals surface area contributed by atoms with Gasteiger partial charge in [0.25, 0.3) is 11.8 Å². The number of nitrogens with two attached hydrogens (primary N) is 1. The lowest BCUT2D eigenvalue weighted by Gasteiger charge is -2.12. The summed E-state index contributed by atoms with van der Waals surface area (Å²) in [6, 6.07) is 13.5. The van der Waals surface area contributed by atoms with Gasteiger partial charge in [0.1, 0.15) is 0 Å². The van der Waals surface area contributed by atoms with Crippen LogP contribution in [0.15, 0.2) is 59.1 Å². The summed E-state index contributed by atoms with van der Waals surface area (Å²) in [6.07, 6.45) is 1.70. The maximum absolute atomic E-state index is 12.1. The zero-order valence-corrected chi connectivity index (χ0v) is 14.6. The number of hydrogen-bond donors (Lipinski definition) is 1. The first-order valence-electron chi connectivity index (χ1n) is 8.51. The van der Waals surface area contributed by atoms with E-state index in [1.165, 1.54) is 12.1 Å². The molecular formula is C20H15N3O5. The molecule has 1 aromatic heterocycles. The molecule has 1 saturated heterocycles. The molecule has 4 rings (SSSR count). The second kappa shape index (κ2) is 6.99. The molecule has 1 fully saturated rings. The largest absolute Gasteiger partial charge is 0.436 e. The summed E-state index contributed by atoms with van der Waals surface area (Å²) < 4.78 is 5.77. The van der Waals surface area contributed by atoms with Crippen LogP contribution in [0, 0.1) is 0 Å². The van der Waals surface area contributed by atoms with Crippen molar-refractivity contribution in [2.45, 2.75) is 12.8 Å². The fourth-order valence-electron chi connectivity index (χ4n) is 2.73. The number of nitrogen functional groups attached to an aromatic ring is 1. The highest BCUT2D eigenvalue weighted by atomic mass is 16.7. The van der Waals surface area contributed by atoms with Crippen molar-refractivity contribution in [2.75, 3.05) is 5.73 Å². The number of hydrogen-bond acceptors (Lipinski definition) is 7. The number of carbonyl (C=O) groups is 3. The van der Waals surface area contributed by atoms with E-state index >= 15 is 0 Å². The van der Waals surface area contributed by atoms with Crippen LogP contribution < -0.4 is 5.73 Å². The molecule has 28 heavy (non-hydrogen) atoms. The minimum absolute atomic E-state index is 0.0472. The Balaban J connectivity index is 1.49. The number of hydroxylamine groups is 2. The SMILES string of the molecule is Nc1ccc(-c2cnc(-c3ccc(C(=O)ON4C(=O)CCC4=O)cc3)o2)cc1. The molecule has 140 valence electrons. The highest BCUT2D eigenvalue weighted by Gasteiger charge is 2.33. The molecule has 1 aliphatic rings. The molecule has 2 aromatic carbocycles. The Labute approximate surface area is 159 Å². The molecule has 8 nitrogen and oxygen atoms in total. The van der Waals surface area contributed by atoms with Crippen molar-refractivity contribution in [1.29, 1.82) is 0 Å². The van der Waals surface area contributed by atoms with Crippen LogP contribution in [0.4, 0.5) is 5.69 Å². The third-order valence-electron chi connectivity index (χ3n) is 4.25. The lowest BCUT2D eigenvalue weighted by molar-refractivity contribution is -0.172. The molecule has 2 heterocycles. The van der Waals surface area contributed by atoms with Crippen LogP contribution in [0.1, 0.15) is 23.2 Å². The summed E-state index contributed by atoms with van der Waals surface area (Å²) in [5, 5.41) is 0.517. The summed E-state index contributed by atoms with van der Waals surface area (Å²) in [5.41, 5.74) is 8.03. The number of imide groups is 1. The number of nitrogens with zero attached hydrogens (tertiary/aromatic N) is 2. The van der Waals surface area contributed by atoms with E-state index in [0.717, 1.165) is 5.56 Å². The van der Waals surface area contributed by atoms with Crippen LogP contribution >= 0.6 is 0 Å². The van der Waals surface area contributed by atoms with E-state index in [2.05, 4.69) is 4.98 Å². The first-order valence-corrected chi connectivity index (χ1v) is 8.51. The van der Waals surface area contributed by atoms with Crippen LogP contribution in [0.25, 0.3) is 22.8 Å². The van der Waals surface area contributed by atoms with Gasteiger partial charge in [0.05, 0.1) is 11.8 Å². The standard InChI is InChI=1S/C20H15N3O5/c21-15-7-5-12(6-8-15)16-11-22-19(27-16)13-1-3-14(4-2-13)20(26)28-23-17(24)9-10-18(23)25/h1-8,11H,9-10,21H2. The summed E-state index contributed by atoms with van der Waals surface area (Å²) in [5.74, 6) is -0.860. The summed E-state index contributed by atoms with van der Waals surface area (Å²) >= 11 is 0. The van der Waals surface area contributed by atoms with E-state index in [-0.39, 0.29) is 18.4 Å². The Morgan fingerprint density at radius 2 is 1.57 bits per heavy atom. The number of amides is 2. The van der Waals surface area contributed by atoms with Gasteiger partial charge in [-0.05, 0) is 48.5 Å². The molecule has 2 N–H and O–H groups in total. The van der Waals surface area contributed by atoms with Crippen molar-refractivity contribution in [3.8, 4) is 22.8 Å². The van der Waals surface area contributed by atoms with E-state index in [0.29, 0.717) is 28.0 Å². The molecule has 0 spiro atoms. The molecule has 0 atom stereocenters. The number of aromatic nitrogens is 1. The van der Waals surface area contributed by atoms with E-state index in [4.69, 9.17) is 15.0 Å². The Kier molecular flexibility index (Phi) is 4.36. The van der Waals surface area contributed by atoms with Gasteiger partial charge in [-0.1, -0.05) is 0 Å². The molecule has 0 saturated carbocycles. The normalized spacial score (nSPS) is 13.8. The predicted octanol–water partition coefficient (Wildman–Crippen LogP) is 2.81. The van der Waals surface area contributed by atoms with Gasteiger partial charge in [-0.3, -0.25) is 9.59 Å². The van der Waals surface area contributed by atoms with Crippen molar-refractivity contribution in [1.82, 2.24) is 10.0 Å². The van der Waals surface area contributed by atoms with Gasteiger partial charge in [0.15, 0.2) is 5.76 Å². The maximum Gasteiger partial charge on any atom is 0.363 e. The van der Waals surface area contributed by atoms with E-state index in [9.17, 15) is 14.4 Å². The second-order valence-corrected chi connectivity index (χ2v) is 6.19. The second-order valence-electron chi connectivity index (χ2n) is 6.19. The highest BCUT2D eigenvalue weighted by Crippen LogP contribution is 2.27. The number of rotatable bonds is 4. The Bertz CT molecular complexity index is 1040. The third kappa shape index (κ3) is 3.35. The zero-order valence-electron chi connectivity index (χ0n) is 14.6. The van der Waals surface area contributed by atoms with Gasteiger partial charge in [-0.15, -0.1) is 5.06 Å². The summed E-state index contributed by atoms with van der Waals surface area (Å²) in [6.45, 7) is 0. The van der Waals surface area contributed by atoms with E-state index in [1.807, 2.05) is 12.1 Å². The molecule has 0 radical (unpaired) electrons. The van der Waals surface area contributed by atoms with Gasteiger partial charge in [-0.25, -0.2) is 9.78 Å². The first-order chi connectivity index (χ1) is 13.5. The molecule has 0 bridgehead atoms. The molecule has 0 aliphatic carbocycles. The van der Waals surface area contributed by atoms with Crippen LogP contribution in [-0.2, 0) is 14.4 Å². The number of benzene rings is 2. The van der Waals surface area contributed by atoms with Crippen molar-refractivity contribution in [3.05, 3.63) is 60.3 Å². The van der Waals surface area contributed by atoms with Gasteiger partial charge in [0, 0.05) is 29.7 Å². The van der Waals surface area contributed by atoms with Crippen molar-refractivity contribution >= 4 is 23.5 Å². The van der Waals surface area contributed by atoms with Crippen molar-refractivity contribution in [3.63, 3.8) is 0 Å². The lowest BCUT2D eigenvalue weighted by Crippen LogP contribution is -2.32. The van der Waals surface area contributed by atoms with Crippen molar-refractivity contribution in [2.24, 2.45) is 0 Å². The Morgan fingerprint density at radius 3 is 2.21 bits per heavy atom. The van der Waals surface area contributed by atoms with Crippen LogP contribution in [0.5, 0.6) is 0 Å². The number of oxazole rings is 1. The Morgan fingerprint density at radius 1 is 0.964 bits per heavy atom. The van der Waals surface area contributed by atoms with E-state index in [1.54, 1.807) is 30.5 Å². The molecule has 2 amide bonds. The molecule has 3 aromatic rings. The van der Waals surface area contributed by atoms with Gasteiger partial charge >= 0.3 is 5.97 Å². The third-order valence-corrected chi connectivity index (χ3v) is 4.25. The summed E-state index contributed by atoms with van der Waals surface area (Å²) in [4.78, 5) is 44.3. The average Bonchev–Trinajstić information content (AvgIpc) is 3.31. The Hall–Kier alpha value is -3.94. The lowest BCUT2D eigenvalue weighted by atomic mass is 10.1. The smallest absolute Gasteiger partial charge is 0.363 e. The summed E-state index contributed by atoms with van der Waals surface area (Å²) in [7, 11) is 0. The number of anilines is 1. The fraction of sp³-hybridized carbons (Fsp3) is 0.100. The molecule has 1 aliphatic heterocycles. The minimum atomic E-state index is -0.787. The maximum atomic E-state index is 12.1. The van der Waals surface area contributed by atoms with Crippen LogP contribution in [0.3, 0.4) is 0 Å². The topological polar surface area (TPSA) is 116 Å². The minimum Gasteiger partial charge on any atom is -0.436 e. The predicted molar refractivity (Wildman–Crippen MR) is 98.3 cm³/mol. The monoisotopic (exact) mass is 377 g/mol. The molecule has 8 heteroatoms. The highest BCUT2D eigenvalue weighted by molar-refractivity contribution is 6.02. The van der Waals surface area contributed by atoms with Gasteiger partial charge in [-0.2, -0.15) is 0 Å². The van der Waals surface area contributed by atoms with Crippen LogP contribution in [0.2, 0.25) is 0 Å². The molecule has 0 unspecified atom stereocenters. The van der Waals surface area contributed by atoms with Crippen molar-refractivity contribution < 1.29 is 23.6 Å². The number of carbonyl (C=O) groups excluding carboxylic acids is 3. The van der Waals surface area contributed by atoms with E-state index < -0.39 is 17.8 Å².